The molecule has 0 spiro atoms. The number of piperazine rings is 1. The van der Waals surface area contributed by atoms with E-state index in [2.05, 4.69) is 24.8 Å². The van der Waals surface area contributed by atoms with Gasteiger partial charge in [-0.1, -0.05) is 0 Å². The lowest BCUT2D eigenvalue weighted by Crippen LogP contribution is -2.46. The van der Waals surface area contributed by atoms with Crippen molar-refractivity contribution in [3.05, 3.63) is 58.7 Å². The number of nitrogens with zero attached hydrogens (tertiary/aromatic N) is 6. The van der Waals surface area contributed by atoms with Gasteiger partial charge in [-0.3, -0.25) is 14.3 Å². The maximum Gasteiger partial charge on any atom is 0.261 e. The van der Waals surface area contributed by atoms with Crippen LogP contribution in [0.5, 0.6) is 0 Å². The van der Waals surface area contributed by atoms with Crippen molar-refractivity contribution in [2.24, 2.45) is 0 Å². The first kappa shape index (κ1) is 19.1. The summed E-state index contributed by atoms with van der Waals surface area (Å²) in [6.45, 7) is 4.85. The number of aromatic nitrogens is 4. The summed E-state index contributed by atoms with van der Waals surface area (Å²) in [7, 11) is 0. The number of aliphatic hydroxyl groups excluding tert-OH is 1. The second-order valence-corrected chi connectivity index (χ2v) is 8.16. The van der Waals surface area contributed by atoms with Gasteiger partial charge in [0.1, 0.15) is 5.82 Å². The number of anilines is 1. The van der Waals surface area contributed by atoms with Crippen LogP contribution in [0, 0.1) is 0 Å². The molecule has 1 aromatic carbocycles. The van der Waals surface area contributed by atoms with Gasteiger partial charge in [0.25, 0.3) is 5.56 Å². The highest BCUT2D eigenvalue weighted by Crippen LogP contribution is 2.37. The Morgan fingerprint density at radius 3 is 2.50 bits per heavy atom. The summed E-state index contributed by atoms with van der Waals surface area (Å²) in [4.78, 5) is 30.7. The van der Waals surface area contributed by atoms with Crippen molar-refractivity contribution in [3.63, 3.8) is 0 Å². The third-order valence-corrected chi connectivity index (χ3v) is 5.96. The van der Waals surface area contributed by atoms with Crippen LogP contribution in [0.2, 0.25) is 0 Å². The van der Waals surface area contributed by atoms with Crippen LogP contribution in [0.1, 0.15) is 30.1 Å². The lowest BCUT2D eigenvalue weighted by molar-refractivity contribution is 0.249. The molecule has 1 aliphatic carbocycles. The molecule has 2 aliphatic rings. The van der Waals surface area contributed by atoms with E-state index in [0.717, 1.165) is 44.2 Å². The third kappa shape index (κ3) is 3.93. The molecule has 1 saturated heterocycles. The van der Waals surface area contributed by atoms with Crippen molar-refractivity contribution in [1.82, 2.24) is 24.4 Å². The van der Waals surface area contributed by atoms with Crippen molar-refractivity contribution < 1.29 is 5.11 Å². The first-order valence-corrected chi connectivity index (χ1v) is 10.6. The molecule has 3 heterocycles. The van der Waals surface area contributed by atoms with Crippen molar-refractivity contribution in [2.45, 2.75) is 31.8 Å². The normalized spacial score (nSPS) is 17.6. The summed E-state index contributed by atoms with van der Waals surface area (Å²) in [5.74, 6) is 1.59. The Bertz CT molecular complexity index is 1080. The lowest BCUT2D eigenvalue weighted by Gasteiger charge is -2.36. The minimum absolute atomic E-state index is 0.0771. The lowest BCUT2D eigenvalue weighted by atomic mass is 10.2. The zero-order chi connectivity index (χ0) is 20.5. The Kier molecular flexibility index (Phi) is 5.18. The molecule has 0 bridgehead atoms. The zero-order valence-corrected chi connectivity index (χ0v) is 16.9. The Labute approximate surface area is 174 Å². The quantitative estimate of drug-likeness (QED) is 0.662. The van der Waals surface area contributed by atoms with E-state index in [1.54, 1.807) is 0 Å². The first-order valence-electron chi connectivity index (χ1n) is 10.6. The van der Waals surface area contributed by atoms with E-state index in [1.807, 2.05) is 30.6 Å². The van der Waals surface area contributed by atoms with Crippen LogP contribution in [0.4, 0.5) is 5.69 Å². The SMILES string of the molecule is O=c1c2ccc(N3CCN(Cc4cnc(C5CC5)nc4)CC3)cc2ncn1CCO. The van der Waals surface area contributed by atoms with Crippen LogP contribution in [0.15, 0.2) is 41.7 Å². The highest BCUT2D eigenvalue weighted by atomic mass is 16.3. The minimum Gasteiger partial charge on any atom is -0.395 e. The van der Waals surface area contributed by atoms with Crippen LogP contribution in [-0.4, -0.2) is 62.3 Å². The van der Waals surface area contributed by atoms with Gasteiger partial charge in [0.05, 0.1) is 30.4 Å². The minimum atomic E-state index is -0.111. The van der Waals surface area contributed by atoms with Crippen LogP contribution in [0.3, 0.4) is 0 Å². The molecule has 1 N–H and O–H groups in total. The average Bonchev–Trinajstić information content (AvgIpc) is 3.62. The van der Waals surface area contributed by atoms with Gasteiger partial charge < -0.3 is 10.0 Å². The fourth-order valence-electron chi connectivity index (χ4n) is 4.03. The topological polar surface area (TPSA) is 87.4 Å². The fraction of sp³-hybridized carbons (Fsp3) is 0.455. The van der Waals surface area contributed by atoms with Crippen molar-refractivity contribution in [2.75, 3.05) is 37.7 Å². The standard InChI is InChI=1S/C22H26N6O2/c29-10-9-28-15-25-20-11-18(3-4-19(20)22(28)30)27-7-5-26(6-8-27)14-16-12-23-21(24-13-16)17-1-2-17/h3-4,11-13,15,17,29H,1-2,5-10,14H2. The maximum atomic E-state index is 12.5. The predicted molar refractivity (Wildman–Crippen MR) is 115 cm³/mol. The molecular weight excluding hydrogens is 380 g/mol. The number of aliphatic hydroxyl groups is 1. The molecule has 1 aliphatic heterocycles. The van der Waals surface area contributed by atoms with Gasteiger partial charge in [-0.2, -0.15) is 0 Å². The van der Waals surface area contributed by atoms with Gasteiger partial charge in [0.15, 0.2) is 0 Å². The van der Waals surface area contributed by atoms with Gasteiger partial charge in [-0.15, -0.1) is 0 Å². The van der Waals surface area contributed by atoms with Crippen LogP contribution >= 0.6 is 0 Å². The molecule has 156 valence electrons. The Hall–Kier alpha value is -2.84. The van der Waals surface area contributed by atoms with E-state index >= 15 is 0 Å². The molecular formula is C22H26N6O2. The molecule has 0 radical (unpaired) electrons. The molecule has 30 heavy (non-hydrogen) atoms. The van der Waals surface area contributed by atoms with Gasteiger partial charge >= 0.3 is 0 Å². The highest BCUT2D eigenvalue weighted by Gasteiger charge is 2.26. The molecule has 2 aromatic heterocycles. The molecule has 8 nitrogen and oxygen atoms in total. The van der Waals surface area contributed by atoms with Gasteiger partial charge in [-0.05, 0) is 31.0 Å². The number of fused-ring (bicyclic) bond motifs is 1. The zero-order valence-electron chi connectivity index (χ0n) is 16.9. The van der Waals surface area contributed by atoms with Crippen LogP contribution < -0.4 is 10.5 Å². The predicted octanol–water partition coefficient (Wildman–Crippen LogP) is 1.38. The monoisotopic (exact) mass is 406 g/mol. The molecule has 2 fully saturated rings. The molecule has 8 heteroatoms. The summed E-state index contributed by atoms with van der Waals surface area (Å²) >= 11 is 0. The largest absolute Gasteiger partial charge is 0.395 e. The molecule has 0 unspecified atom stereocenters. The smallest absolute Gasteiger partial charge is 0.261 e. The summed E-state index contributed by atoms with van der Waals surface area (Å²) in [6, 6.07) is 5.83. The van der Waals surface area contributed by atoms with E-state index in [9.17, 15) is 4.79 Å². The maximum absolute atomic E-state index is 12.5. The van der Waals surface area contributed by atoms with Crippen molar-refractivity contribution >= 4 is 16.6 Å². The average molecular weight is 406 g/mol. The van der Waals surface area contributed by atoms with E-state index < -0.39 is 0 Å². The van der Waals surface area contributed by atoms with E-state index in [1.165, 1.54) is 29.3 Å². The second-order valence-electron chi connectivity index (χ2n) is 8.16. The van der Waals surface area contributed by atoms with Crippen molar-refractivity contribution in [3.8, 4) is 0 Å². The fourth-order valence-corrected chi connectivity index (χ4v) is 4.03. The van der Waals surface area contributed by atoms with Gasteiger partial charge in [0, 0.05) is 62.3 Å². The number of hydrogen-bond donors (Lipinski definition) is 1. The molecule has 0 amide bonds. The van der Waals surface area contributed by atoms with Gasteiger partial charge in [-0.25, -0.2) is 15.0 Å². The van der Waals surface area contributed by atoms with E-state index in [4.69, 9.17) is 5.11 Å². The Morgan fingerprint density at radius 1 is 1.03 bits per heavy atom. The summed E-state index contributed by atoms with van der Waals surface area (Å²) in [5, 5.41) is 9.66. The van der Waals surface area contributed by atoms with Gasteiger partial charge in [0.2, 0.25) is 0 Å². The van der Waals surface area contributed by atoms with Crippen molar-refractivity contribution in [1.29, 1.82) is 0 Å². The Morgan fingerprint density at radius 2 is 1.80 bits per heavy atom. The number of benzene rings is 1. The second kappa shape index (κ2) is 8.12. The van der Waals surface area contributed by atoms with Crippen LogP contribution in [0.25, 0.3) is 10.9 Å². The van der Waals surface area contributed by atoms with E-state index in [0.29, 0.717) is 16.8 Å². The summed E-state index contributed by atoms with van der Waals surface area (Å²) in [5.41, 5.74) is 2.84. The Balaban J connectivity index is 1.23. The number of rotatable bonds is 6. The molecule has 5 rings (SSSR count). The third-order valence-electron chi connectivity index (χ3n) is 5.96. The highest BCUT2D eigenvalue weighted by molar-refractivity contribution is 5.81. The summed E-state index contributed by atoms with van der Waals surface area (Å²) in [6.07, 6.45) is 7.92. The van der Waals surface area contributed by atoms with E-state index in [-0.39, 0.29) is 18.7 Å². The first-order chi connectivity index (χ1) is 14.7. The number of hydrogen-bond acceptors (Lipinski definition) is 7. The molecule has 3 aromatic rings. The molecule has 1 saturated carbocycles. The van der Waals surface area contributed by atoms with Crippen LogP contribution in [-0.2, 0) is 13.1 Å². The molecule has 0 atom stereocenters. The summed E-state index contributed by atoms with van der Waals surface area (Å²) < 4.78 is 1.45.